The van der Waals surface area contributed by atoms with E-state index in [-0.39, 0.29) is 0 Å². The zero-order valence-corrected chi connectivity index (χ0v) is 12.8. The monoisotopic (exact) mass is 265 g/mol. The highest BCUT2D eigenvalue weighted by Gasteiger charge is 2.09. The Morgan fingerprint density at radius 2 is 1.95 bits per heavy atom. The first-order valence-corrected chi connectivity index (χ1v) is 7.01. The average molecular weight is 265 g/mol. The second-order valence-electron chi connectivity index (χ2n) is 5.26. The van der Waals surface area contributed by atoms with Gasteiger partial charge in [0.25, 0.3) is 0 Å². The Bertz CT molecular complexity index is 378. The Labute approximate surface area is 116 Å². The van der Waals surface area contributed by atoms with Gasteiger partial charge in [0.1, 0.15) is 18.0 Å². The van der Waals surface area contributed by atoms with Crippen LogP contribution in [0.1, 0.15) is 32.3 Å². The third kappa shape index (κ3) is 5.42. The van der Waals surface area contributed by atoms with E-state index in [2.05, 4.69) is 60.4 Å². The molecule has 0 aromatic carbocycles. The van der Waals surface area contributed by atoms with Crippen molar-refractivity contribution in [3.05, 3.63) is 11.9 Å². The van der Waals surface area contributed by atoms with Crippen molar-refractivity contribution in [2.24, 2.45) is 0 Å². The van der Waals surface area contributed by atoms with Crippen molar-refractivity contribution in [1.82, 2.24) is 14.9 Å². The molecule has 2 N–H and O–H groups in total. The van der Waals surface area contributed by atoms with Crippen LogP contribution in [-0.4, -0.2) is 48.1 Å². The average Bonchev–Trinajstić information content (AvgIpc) is 2.37. The SMILES string of the molecule is CCCNc1ncnc(NC(C)CCN(C)C)c1C. The van der Waals surface area contributed by atoms with E-state index in [9.17, 15) is 0 Å². The molecular weight excluding hydrogens is 238 g/mol. The predicted molar refractivity (Wildman–Crippen MR) is 81.8 cm³/mol. The van der Waals surface area contributed by atoms with Gasteiger partial charge in [-0.3, -0.25) is 0 Å². The Hall–Kier alpha value is -1.36. The molecule has 0 aliphatic rings. The van der Waals surface area contributed by atoms with Crippen molar-refractivity contribution < 1.29 is 0 Å². The summed E-state index contributed by atoms with van der Waals surface area (Å²) in [5, 5.41) is 6.79. The van der Waals surface area contributed by atoms with Crippen LogP contribution in [-0.2, 0) is 0 Å². The number of hydrogen-bond acceptors (Lipinski definition) is 5. The number of rotatable bonds is 8. The minimum Gasteiger partial charge on any atom is -0.370 e. The molecule has 0 aliphatic carbocycles. The Morgan fingerprint density at radius 1 is 1.26 bits per heavy atom. The summed E-state index contributed by atoms with van der Waals surface area (Å²) in [6, 6.07) is 0.398. The maximum absolute atomic E-state index is 4.34. The van der Waals surface area contributed by atoms with E-state index in [4.69, 9.17) is 0 Å². The molecule has 0 spiro atoms. The zero-order valence-electron chi connectivity index (χ0n) is 12.8. The van der Waals surface area contributed by atoms with E-state index in [0.29, 0.717) is 6.04 Å². The minimum absolute atomic E-state index is 0.398. The van der Waals surface area contributed by atoms with Gasteiger partial charge >= 0.3 is 0 Å². The molecule has 0 saturated carbocycles. The third-order valence-electron chi connectivity index (χ3n) is 3.02. The molecule has 1 atom stereocenters. The summed E-state index contributed by atoms with van der Waals surface area (Å²) in [7, 11) is 4.19. The maximum atomic E-state index is 4.34. The van der Waals surface area contributed by atoms with Crippen molar-refractivity contribution in [1.29, 1.82) is 0 Å². The molecule has 0 radical (unpaired) electrons. The van der Waals surface area contributed by atoms with Gasteiger partial charge in [-0.05, 0) is 47.3 Å². The van der Waals surface area contributed by atoms with Gasteiger partial charge in [0.2, 0.25) is 0 Å². The summed E-state index contributed by atoms with van der Waals surface area (Å²) in [5.74, 6) is 1.86. The van der Waals surface area contributed by atoms with Crippen LogP contribution in [0.5, 0.6) is 0 Å². The fourth-order valence-corrected chi connectivity index (χ4v) is 1.77. The summed E-state index contributed by atoms with van der Waals surface area (Å²) in [6.07, 6.45) is 3.80. The number of nitrogens with zero attached hydrogens (tertiary/aromatic N) is 3. The molecule has 0 saturated heterocycles. The van der Waals surface area contributed by atoms with Gasteiger partial charge < -0.3 is 15.5 Å². The lowest BCUT2D eigenvalue weighted by molar-refractivity contribution is 0.390. The van der Waals surface area contributed by atoms with Crippen LogP contribution in [0.25, 0.3) is 0 Å². The van der Waals surface area contributed by atoms with E-state index in [1.165, 1.54) is 0 Å². The highest BCUT2D eigenvalue weighted by atomic mass is 15.1. The first-order valence-electron chi connectivity index (χ1n) is 7.01. The molecule has 0 amide bonds. The predicted octanol–water partition coefficient (Wildman–Crippen LogP) is 2.36. The molecule has 0 aliphatic heterocycles. The second kappa shape index (κ2) is 7.94. The Morgan fingerprint density at radius 3 is 2.58 bits per heavy atom. The summed E-state index contributed by atoms with van der Waals surface area (Å²) in [5.41, 5.74) is 1.09. The van der Waals surface area contributed by atoms with Gasteiger partial charge in [-0.15, -0.1) is 0 Å². The molecule has 5 nitrogen and oxygen atoms in total. The molecule has 0 bridgehead atoms. The number of anilines is 2. The molecule has 1 aromatic rings. The van der Waals surface area contributed by atoms with E-state index < -0.39 is 0 Å². The maximum Gasteiger partial charge on any atom is 0.134 e. The van der Waals surface area contributed by atoms with Gasteiger partial charge in [-0.2, -0.15) is 0 Å². The van der Waals surface area contributed by atoms with Crippen LogP contribution in [0.4, 0.5) is 11.6 Å². The fraction of sp³-hybridized carbons (Fsp3) is 0.714. The second-order valence-corrected chi connectivity index (χ2v) is 5.26. The lowest BCUT2D eigenvalue weighted by Gasteiger charge is -2.19. The fourth-order valence-electron chi connectivity index (χ4n) is 1.77. The normalized spacial score (nSPS) is 12.5. The molecule has 19 heavy (non-hydrogen) atoms. The lowest BCUT2D eigenvalue weighted by atomic mass is 10.2. The van der Waals surface area contributed by atoms with Crippen LogP contribution in [0.15, 0.2) is 6.33 Å². The lowest BCUT2D eigenvalue weighted by Crippen LogP contribution is -2.24. The molecular formula is C14H27N5. The van der Waals surface area contributed by atoms with E-state index in [1.54, 1.807) is 6.33 Å². The van der Waals surface area contributed by atoms with Gasteiger partial charge in [0, 0.05) is 18.2 Å². The first kappa shape index (κ1) is 15.7. The van der Waals surface area contributed by atoms with Gasteiger partial charge in [0.05, 0.1) is 0 Å². The van der Waals surface area contributed by atoms with E-state index in [1.807, 2.05) is 0 Å². The smallest absolute Gasteiger partial charge is 0.134 e. The molecule has 5 heteroatoms. The largest absolute Gasteiger partial charge is 0.370 e. The van der Waals surface area contributed by atoms with Crippen LogP contribution in [0.3, 0.4) is 0 Å². The molecule has 1 unspecified atom stereocenters. The topological polar surface area (TPSA) is 53.1 Å². The van der Waals surface area contributed by atoms with Crippen molar-refractivity contribution in [2.45, 2.75) is 39.7 Å². The summed E-state index contributed by atoms with van der Waals surface area (Å²) >= 11 is 0. The van der Waals surface area contributed by atoms with Crippen molar-refractivity contribution in [3.63, 3.8) is 0 Å². The first-order chi connectivity index (χ1) is 9.04. The van der Waals surface area contributed by atoms with Crippen molar-refractivity contribution in [3.8, 4) is 0 Å². The van der Waals surface area contributed by atoms with Crippen LogP contribution in [0.2, 0.25) is 0 Å². The Balaban J connectivity index is 2.62. The number of aromatic nitrogens is 2. The van der Waals surface area contributed by atoms with Gasteiger partial charge in [-0.1, -0.05) is 6.92 Å². The molecule has 108 valence electrons. The van der Waals surface area contributed by atoms with Crippen LogP contribution >= 0.6 is 0 Å². The molecule has 0 fully saturated rings. The molecule has 1 aromatic heterocycles. The van der Waals surface area contributed by atoms with E-state index in [0.717, 1.165) is 43.1 Å². The Kier molecular flexibility index (Phi) is 6.56. The number of hydrogen-bond donors (Lipinski definition) is 2. The highest BCUT2D eigenvalue weighted by molar-refractivity contribution is 5.56. The van der Waals surface area contributed by atoms with Crippen molar-refractivity contribution >= 4 is 11.6 Å². The quantitative estimate of drug-likeness (QED) is 0.755. The summed E-state index contributed by atoms with van der Waals surface area (Å²) in [6.45, 7) is 8.39. The molecule has 1 heterocycles. The van der Waals surface area contributed by atoms with Gasteiger partial charge in [-0.25, -0.2) is 9.97 Å². The minimum atomic E-state index is 0.398. The van der Waals surface area contributed by atoms with Crippen LogP contribution < -0.4 is 10.6 Å². The standard InChI is InChI=1S/C14H27N5/c1-6-8-15-13-12(3)14(17-10-16-13)18-11(2)7-9-19(4)5/h10-11H,6-9H2,1-5H3,(H2,15,16,17,18). The van der Waals surface area contributed by atoms with Crippen molar-refractivity contribution in [2.75, 3.05) is 37.8 Å². The summed E-state index contributed by atoms with van der Waals surface area (Å²) < 4.78 is 0. The van der Waals surface area contributed by atoms with Gasteiger partial charge in [0.15, 0.2) is 0 Å². The zero-order chi connectivity index (χ0) is 14.3. The molecule has 1 rings (SSSR count). The summed E-state index contributed by atoms with van der Waals surface area (Å²) in [4.78, 5) is 10.8. The number of nitrogens with one attached hydrogen (secondary N) is 2. The van der Waals surface area contributed by atoms with Crippen LogP contribution in [0, 0.1) is 6.92 Å². The third-order valence-corrected chi connectivity index (χ3v) is 3.02. The van der Waals surface area contributed by atoms with E-state index >= 15 is 0 Å². The highest BCUT2D eigenvalue weighted by Crippen LogP contribution is 2.19.